The minimum Gasteiger partial charge on any atom is -0.507 e. The molecule has 0 atom stereocenters. The van der Waals surface area contributed by atoms with Gasteiger partial charge in [0.05, 0.1) is 5.56 Å². The van der Waals surface area contributed by atoms with Crippen LogP contribution in [0.5, 0.6) is 5.75 Å². The Hall–Kier alpha value is -2.93. The molecule has 0 radical (unpaired) electrons. The van der Waals surface area contributed by atoms with Crippen LogP contribution in [-0.2, 0) is 9.53 Å². The lowest BCUT2D eigenvalue weighted by atomic mass is 10.2. The van der Waals surface area contributed by atoms with E-state index in [0.717, 1.165) is 0 Å². The van der Waals surface area contributed by atoms with Gasteiger partial charge in [-0.05, 0) is 48.6 Å². The van der Waals surface area contributed by atoms with Gasteiger partial charge in [0.1, 0.15) is 12.3 Å². The molecule has 0 unspecified atom stereocenters. The lowest BCUT2D eigenvalue weighted by Crippen LogP contribution is -2.31. The summed E-state index contributed by atoms with van der Waals surface area (Å²) in [6, 6.07) is 12.5. The Morgan fingerprint density at radius 1 is 1.13 bits per heavy atom. The molecule has 0 aromatic heterocycles. The number of amides is 1. The van der Waals surface area contributed by atoms with Crippen molar-refractivity contribution in [3.63, 3.8) is 0 Å². The Kier molecular flexibility index (Phi) is 5.27. The van der Waals surface area contributed by atoms with E-state index in [0.29, 0.717) is 11.3 Å². The van der Waals surface area contributed by atoms with Crippen LogP contribution in [0.15, 0.2) is 48.5 Å². The number of hydrogen-bond donors (Lipinski definition) is 3. The highest BCUT2D eigenvalue weighted by atomic mass is 32.1. The molecular formula is C16H14N2O4S. The van der Waals surface area contributed by atoms with Gasteiger partial charge in [-0.1, -0.05) is 12.1 Å². The van der Waals surface area contributed by atoms with Crippen molar-refractivity contribution < 1.29 is 19.4 Å². The maximum Gasteiger partial charge on any atom is 0.331 e. The monoisotopic (exact) mass is 330 g/mol. The number of nitrogens with one attached hydrogen (secondary N) is 1. The van der Waals surface area contributed by atoms with Gasteiger partial charge in [-0.3, -0.25) is 4.79 Å². The van der Waals surface area contributed by atoms with Crippen molar-refractivity contribution in [2.24, 2.45) is 0 Å². The lowest BCUT2D eigenvalue weighted by Gasteiger charge is -2.08. The van der Waals surface area contributed by atoms with Gasteiger partial charge in [-0.25, -0.2) is 4.79 Å². The second-order valence-electron chi connectivity index (χ2n) is 4.58. The van der Waals surface area contributed by atoms with Gasteiger partial charge in [-0.2, -0.15) is 0 Å². The molecule has 0 fully saturated rings. The second-order valence-corrected chi connectivity index (χ2v) is 4.95. The van der Waals surface area contributed by atoms with E-state index in [9.17, 15) is 14.7 Å². The number of nitrogen functional groups attached to an aromatic ring is 1. The third-order valence-corrected chi connectivity index (χ3v) is 3.20. The van der Waals surface area contributed by atoms with Crippen molar-refractivity contribution in [3.05, 3.63) is 59.7 Å². The molecule has 2 aromatic rings. The molecule has 0 aliphatic carbocycles. The number of esters is 1. The van der Waals surface area contributed by atoms with Crippen molar-refractivity contribution in [1.82, 2.24) is 5.32 Å². The predicted octanol–water partition coefficient (Wildman–Crippen LogP) is 1.62. The van der Waals surface area contributed by atoms with E-state index in [-0.39, 0.29) is 22.9 Å². The molecule has 23 heavy (non-hydrogen) atoms. The number of phenolic OH excluding ortho intramolecular Hbond substituents is 1. The Bertz CT molecular complexity index is 744. The largest absolute Gasteiger partial charge is 0.507 e. The molecule has 0 heterocycles. The number of carbonyl (C=O) groups excluding carboxylic acids is 2. The minimum absolute atomic E-state index is 0.0868. The van der Waals surface area contributed by atoms with Crippen LogP contribution in [-0.4, -0.2) is 28.6 Å². The molecule has 1 amide bonds. The van der Waals surface area contributed by atoms with E-state index in [2.05, 4.69) is 5.32 Å². The number of carbonyl (C=O) groups is 2. The Balaban J connectivity index is 1.88. The number of para-hydroxylation sites is 1. The summed E-state index contributed by atoms with van der Waals surface area (Å²) in [7, 11) is 0. The maximum absolute atomic E-state index is 11.8. The summed E-state index contributed by atoms with van der Waals surface area (Å²) in [5.74, 6) is -1.26. The van der Waals surface area contributed by atoms with Crippen LogP contribution in [0.1, 0.15) is 15.9 Å². The number of anilines is 1. The van der Waals surface area contributed by atoms with E-state index < -0.39 is 11.9 Å². The SMILES string of the molecule is Nc1ccc(C(=O)NCC(=O)OC(=S)c2ccccc2O)cc1. The van der Waals surface area contributed by atoms with Crippen LogP contribution < -0.4 is 11.1 Å². The first-order valence-corrected chi connectivity index (χ1v) is 7.05. The van der Waals surface area contributed by atoms with Crippen molar-refractivity contribution >= 4 is 34.8 Å². The highest BCUT2D eigenvalue weighted by Gasteiger charge is 2.14. The van der Waals surface area contributed by atoms with Crippen LogP contribution >= 0.6 is 12.2 Å². The standard InChI is InChI=1S/C16H14N2O4S/c17-11-7-5-10(6-8-11)15(21)18-9-14(20)22-16(23)12-3-1-2-4-13(12)19/h1-8,19H,9,17H2,(H,18,21). The van der Waals surface area contributed by atoms with Gasteiger partial charge in [0.25, 0.3) is 5.91 Å². The molecule has 0 bridgehead atoms. The fourth-order valence-electron chi connectivity index (χ4n) is 1.73. The molecular weight excluding hydrogens is 316 g/mol. The first-order valence-electron chi connectivity index (χ1n) is 6.64. The zero-order valence-electron chi connectivity index (χ0n) is 12.0. The maximum atomic E-state index is 11.8. The van der Waals surface area contributed by atoms with Crippen molar-refractivity contribution in [2.45, 2.75) is 0 Å². The molecule has 4 N–H and O–H groups in total. The van der Waals surface area contributed by atoms with Gasteiger partial charge in [0, 0.05) is 11.3 Å². The van der Waals surface area contributed by atoms with Crippen molar-refractivity contribution in [1.29, 1.82) is 0 Å². The summed E-state index contributed by atoms with van der Waals surface area (Å²) < 4.78 is 4.92. The summed E-state index contributed by atoms with van der Waals surface area (Å²) in [5.41, 5.74) is 6.67. The number of nitrogens with two attached hydrogens (primary N) is 1. The summed E-state index contributed by atoms with van der Waals surface area (Å²) in [4.78, 5) is 23.5. The van der Waals surface area contributed by atoms with Crippen LogP contribution in [0.2, 0.25) is 0 Å². The highest BCUT2D eigenvalue weighted by Crippen LogP contribution is 2.17. The zero-order chi connectivity index (χ0) is 16.8. The van der Waals surface area contributed by atoms with E-state index in [1.165, 1.54) is 12.1 Å². The fraction of sp³-hybridized carbons (Fsp3) is 0.0625. The Labute approximate surface area is 137 Å². The quantitative estimate of drug-likeness (QED) is 0.447. The summed E-state index contributed by atoms with van der Waals surface area (Å²) in [6.45, 7) is -0.350. The molecule has 0 aliphatic rings. The fourth-order valence-corrected chi connectivity index (χ4v) is 2.00. The molecule has 6 nitrogen and oxygen atoms in total. The molecule has 0 spiro atoms. The van der Waals surface area contributed by atoms with Gasteiger partial charge in [-0.15, -0.1) is 0 Å². The summed E-state index contributed by atoms with van der Waals surface area (Å²) in [6.07, 6.45) is 0. The highest BCUT2D eigenvalue weighted by molar-refractivity contribution is 7.80. The number of ether oxygens (including phenoxy) is 1. The van der Waals surface area contributed by atoms with E-state index in [4.69, 9.17) is 22.7 Å². The topological polar surface area (TPSA) is 102 Å². The molecule has 2 aromatic carbocycles. The number of hydrogen-bond acceptors (Lipinski definition) is 6. The smallest absolute Gasteiger partial charge is 0.331 e. The van der Waals surface area contributed by atoms with E-state index in [1.807, 2.05) is 0 Å². The average Bonchev–Trinajstić information content (AvgIpc) is 2.53. The number of thiocarbonyl (C=S) groups is 1. The third kappa shape index (κ3) is 4.52. The van der Waals surface area contributed by atoms with Crippen LogP contribution in [0.3, 0.4) is 0 Å². The molecule has 118 valence electrons. The van der Waals surface area contributed by atoms with Crippen LogP contribution in [0, 0.1) is 0 Å². The van der Waals surface area contributed by atoms with Gasteiger partial charge >= 0.3 is 5.97 Å². The van der Waals surface area contributed by atoms with Crippen molar-refractivity contribution in [2.75, 3.05) is 12.3 Å². The molecule has 0 saturated carbocycles. The first kappa shape index (κ1) is 16.4. The molecule has 0 aliphatic heterocycles. The minimum atomic E-state index is -0.734. The molecule has 0 saturated heterocycles. The number of benzene rings is 2. The first-order chi connectivity index (χ1) is 11.0. The number of rotatable bonds is 4. The second kappa shape index (κ2) is 7.37. The number of aromatic hydroxyl groups is 1. The summed E-state index contributed by atoms with van der Waals surface area (Å²) in [5, 5.41) is 11.9. The third-order valence-electron chi connectivity index (χ3n) is 2.90. The lowest BCUT2D eigenvalue weighted by molar-refractivity contribution is -0.134. The molecule has 2 rings (SSSR count). The van der Waals surface area contributed by atoms with E-state index >= 15 is 0 Å². The zero-order valence-corrected chi connectivity index (χ0v) is 12.8. The average molecular weight is 330 g/mol. The van der Waals surface area contributed by atoms with Gasteiger partial charge in [0.15, 0.2) is 0 Å². The van der Waals surface area contributed by atoms with Gasteiger partial charge in [0.2, 0.25) is 5.05 Å². The Morgan fingerprint density at radius 3 is 2.43 bits per heavy atom. The van der Waals surface area contributed by atoms with Crippen molar-refractivity contribution in [3.8, 4) is 5.75 Å². The predicted molar refractivity (Wildman–Crippen MR) is 89.1 cm³/mol. The Morgan fingerprint density at radius 2 is 1.78 bits per heavy atom. The van der Waals surface area contributed by atoms with E-state index in [1.54, 1.807) is 36.4 Å². The van der Waals surface area contributed by atoms with Crippen LogP contribution in [0.4, 0.5) is 5.69 Å². The van der Waals surface area contributed by atoms with Gasteiger partial charge < -0.3 is 20.9 Å². The molecule has 7 heteroatoms. The number of phenols is 1. The normalized spacial score (nSPS) is 9.91. The van der Waals surface area contributed by atoms with Crippen LogP contribution in [0.25, 0.3) is 0 Å². The summed E-state index contributed by atoms with van der Waals surface area (Å²) >= 11 is 4.94.